The number of oxazole rings is 1. The molecule has 5 rings (SSSR count). The van der Waals surface area contributed by atoms with E-state index in [1.165, 1.54) is 10.1 Å². The molecular weight excluding hydrogens is 382 g/mol. The van der Waals surface area contributed by atoms with Crippen LogP contribution in [-0.2, 0) is 16.1 Å². The first-order valence-corrected chi connectivity index (χ1v) is 10.3. The summed E-state index contributed by atoms with van der Waals surface area (Å²) >= 11 is 0. The van der Waals surface area contributed by atoms with E-state index in [-0.39, 0.29) is 24.3 Å². The first-order chi connectivity index (χ1) is 14.6. The Morgan fingerprint density at radius 1 is 0.900 bits per heavy atom. The molecule has 7 heteroatoms. The molecule has 3 aromatic rings. The van der Waals surface area contributed by atoms with Gasteiger partial charge in [0.25, 0.3) is 0 Å². The Kier molecular flexibility index (Phi) is 4.65. The topological polar surface area (TPSA) is 75.8 Å². The number of aromatic nitrogens is 1. The maximum atomic E-state index is 12.8. The van der Waals surface area contributed by atoms with E-state index in [4.69, 9.17) is 4.42 Å². The SMILES string of the molecule is O=C(Cn1c(=O)oc2ccccc21)N1CCN(C(=O)C2CC2c2ccccc2)CC1. The van der Waals surface area contributed by atoms with E-state index in [0.717, 1.165) is 6.42 Å². The van der Waals surface area contributed by atoms with Crippen LogP contribution in [0.3, 0.4) is 0 Å². The van der Waals surface area contributed by atoms with Gasteiger partial charge < -0.3 is 14.2 Å². The molecule has 2 heterocycles. The van der Waals surface area contributed by atoms with Gasteiger partial charge in [-0.25, -0.2) is 4.79 Å². The number of piperazine rings is 1. The van der Waals surface area contributed by atoms with Crippen molar-refractivity contribution in [2.24, 2.45) is 5.92 Å². The molecule has 2 unspecified atom stereocenters. The second kappa shape index (κ2) is 7.48. The standard InChI is InChI=1S/C23H23N3O4/c27-21(15-26-19-8-4-5-9-20(19)30-23(26)29)24-10-12-25(13-11-24)22(28)18-14-17(18)16-6-2-1-3-7-16/h1-9,17-18H,10-15H2. The van der Waals surface area contributed by atoms with Gasteiger partial charge in [0, 0.05) is 32.1 Å². The molecule has 0 bridgehead atoms. The van der Waals surface area contributed by atoms with Crippen LogP contribution in [0.15, 0.2) is 63.8 Å². The van der Waals surface area contributed by atoms with Gasteiger partial charge in [0.1, 0.15) is 6.54 Å². The van der Waals surface area contributed by atoms with Crippen LogP contribution >= 0.6 is 0 Å². The summed E-state index contributed by atoms with van der Waals surface area (Å²) in [6.07, 6.45) is 0.901. The maximum Gasteiger partial charge on any atom is 0.420 e. The van der Waals surface area contributed by atoms with Crippen LogP contribution in [-0.4, -0.2) is 52.4 Å². The zero-order valence-electron chi connectivity index (χ0n) is 16.6. The lowest BCUT2D eigenvalue weighted by Gasteiger charge is -2.35. The molecule has 2 amide bonds. The van der Waals surface area contributed by atoms with Crippen LogP contribution in [0.2, 0.25) is 0 Å². The summed E-state index contributed by atoms with van der Waals surface area (Å²) in [5, 5.41) is 0. The Labute approximate surface area is 173 Å². The second-order valence-electron chi connectivity index (χ2n) is 7.99. The molecule has 2 aromatic carbocycles. The highest BCUT2D eigenvalue weighted by Crippen LogP contribution is 2.48. The third-order valence-electron chi connectivity index (χ3n) is 6.15. The minimum absolute atomic E-state index is 0.0531. The number of fused-ring (bicyclic) bond motifs is 1. The lowest BCUT2D eigenvalue weighted by atomic mass is 10.1. The molecule has 30 heavy (non-hydrogen) atoms. The fourth-order valence-electron chi connectivity index (χ4n) is 4.35. The van der Waals surface area contributed by atoms with Crippen molar-refractivity contribution in [3.05, 3.63) is 70.7 Å². The number of hydrogen-bond acceptors (Lipinski definition) is 4. The maximum absolute atomic E-state index is 12.8. The molecule has 1 aliphatic carbocycles. The average Bonchev–Trinajstić information content (AvgIpc) is 3.53. The number of nitrogens with zero attached hydrogens (tertiary/aromatic N) is 3. The van der Waals surface area contributed by atoms with Crippen LogP contribution < -0.4 is 5.76 Å². The van der Waals surface area contributed by atoms with Crippen molar-refractivity contribution in [2.75, 3.05) is 26.2 Å². The molecule has 1 saturated carbocycles. The van der Waals surface area contributed by atoms with E-state index in [9.17, 15) is 14.4 Å². The average molecular weight is 405 g/mol. The number of hydrogen-bond donors (Lipinski definition) is 0. The summed E-state index contributed by atoms with van der Waals surface area (Å²) in [5.74, 6) is -0.0958. The Morgan fingerprint density at radius 2 is 1.57 bits per heavy atom. The van der Waals surface area contributed by atoms with Crippen molar-refractivity contribution in [1.82, 2.24) is 14.4 Å². The number of amides is 2. The predicted molar refractivity (Wildman–Crippen MR) is 111 cm³/mol. The largest absolute Gasteiger partial charge is 0.420 e. The number of carbonyl (C=O) groups excluding carboxylic acids is 2. The predicted octanol–water partition coefficient (Wildman–Crippen LogP) is 2.07. The molecule has 1 saturated heterocycles. The molecule has 154 valence electrons. The molecule has 2 fully saturated rings. The highest BCUT2D eigenvalue weighted by Gasteiger charge is 2.46. The van der Waals surface area contributed by atoms with Gasteiger partial charge >= 0.3 is 5.76 Å². The molecule has 2 aliphatic rings. The molecule has 1 aliphatic heterocycles. The van der Waals surface area contributed by atoms with Crippen molar-refractivity contribution < 1.29 is 14.0 Å². The third-order valence-corrected chi connectivity index (χ3v) is 6.15. The van der Waals surface area contributed by atoms with E-state index in [1.54, 1.807) is 23.1 Å². The van der Waals surface area contributed by atoms with Gasteiger partial charge in [-0.05, 0) is 30.0 Å². The van der Waals surface area contributed by atoms with Gasteiger partial charge in [0.05, 0.1) is 5.52 Å². The minimum atomic E-state index is -0.529. The molecule has 0 radical (unpaired) electrons. The van der Waals surface area contributed by atoms with Crippen LogP contribution in [0.5, 0.6) is 0 Å². The van der Waals surface area contributed by atoms with Gasteiger partial charge in [0.15, 0.2) is 5.58 Å². The third kappa shape index (κ3) is 3.40. The summed E-state index contributed by atoms with van der Waals surface area (Å²) < 4.78 is 6.56. The fourth-order valence-corrected chi connectivity index (χ4v) is 4.35. The van der Waals surface area contributed by atoms with Crippen molar-refractivity contribution in [1.29, 1.82) is 0 Å². The molecule has 0 N–H and O–H groups in total. The van der Waals surface area contributed by atoms with Gasteiger partial charge in [-0.2, -0.15) is 0 Å². The highest BCUT2D eigenvalue weighted by molar-refractivity contribution is 5.84. The van der Waals surface area contributed by atoms with Gasteiger partial charge in [-0.15, -0.1) is 0 Å². The number of benzene rings is 2. The molecule has 2 atom stereocenters. The number of carbonyl (C=O) groups is 2. The first kappa shape index (κ1) is 18.7. The smallest absolute Gasteiger partial charge is 0.408 e. The van der Waals surface area contributed by atoms with Crippen LogP contribution in [0.25, 0.3) is 11.1 Å². The van der Waals surface area contributed by atoms with Gasteiger partial charge in [-0.3, -0.25) is 14.2 Å². The normalized spacial score (nSPS) is 21.1. The summed E-state index contributed by atoms with van der Waals surface area (Å²) in [4.78, 5) is 41.3. The van der Waals surface area contributed by atoms with Crippen LogP contribution in [0.4, 0.5) is 0 Å². The molecular formula is C23H23N3O4. The Bertz CT molecular complexity index is 1140. The van der Waals surface area contributed by atoms with E-state index in [2.05, 4.69) is 12.1 Å². The van der Waals surface area contributed by atoms with Gasteiger partial charge in [0.2, 0.25) is 11.8 Å². The van der Waals surface area contributed by atoms with E-state index in [0.29, 0.717) is 43.2 Å². The Morgan fingerprint density at radius 3 is 2.33 bits per heavy atom. The van der Waals surface area contributed by atoms with Crippen molar-refractivity contribution >= 4 is 22.9 Å². The zero-order chi connectivity index (χ0) is 20.7. The Hall–Kier alpha value is -3.35. The lowest BCUT2D eigenvalue weighted by Crippen LogP contribution is -2.52. The monoisotopic (exact) mass is 405 g/mol. The summed E-state index contributed by atoms with van der Waals surface area (Å²) in [5.41, 5.74) is 2.32. The fraction of sp³-hybridized carbons (Fsp3) is 0.348. The summed E-state index contributed by atoms with van der Waals surface area (Å²) in [7, 11) is 0. The Balaban J connectivity index is 1.18. The quantitative estimate of drug-likeness (QED) is 0.666. The molecule has 0 spiro atoms. The lowest BCUT2D eigenvalue weighted by molar-refractivity contribution is -0.140. The number of rotatable bonds is 4. The molecule has 1 aromatic heterocycles. The van der Waals surface area contributed by atoms with Gasteiger partial charge in [-0.1, -0.05) is 42.5 Å². The van der Waals surface area contributed by atoms with E-state index in [1.807, 2.05) is 29.2 Å². The van der Waals surface area contributed by atoms with Crippen molar-refractivity contribution in [3.63, 3.8) is 0 Å². The second-order valence-corrected chi connectivity index (χ2v) is 7.99. The van der Waals surface area contributed by atoms with Crippen LogP contribution in [0.1, 0.15) is 17.9 Å². The van der Waals surface area contributed by atoms with E-state index >= 15 is 0 Å². The summed E-state index contributed by atoms with van der Waals surface area (Å²) in [6.45, 7) is 1.98. The van der Waals surface area contributed by atoms with Crippen molar-refractivity contribution in [3.8, 4) is 0 Å². The molecule has 7 nitrogen and oxygen atoms in total. The zero-order valence-corrected chi connectivity index (χ0v) is 16.6. The first-order valence-electron chi connectivity index (χ1n) is 10.3. The van der Waals surface area contributed by atoms with Crippen LogP contribution in [0, 0.1) is 5.92 Å². The minimum Gasteiger partial charge on any atom is -0.408 e. The van der Waals surface area contributed by atoms with Crippen molar-refractivity contribution in [2.45, 2.75) is 18.9 Å². The highest BCUT2D eigenvalue weighted by atomic mass is 16.4. The number of para-hydroxylation sites is 2. The van der Waals surface area contributed by atoms with E-state index < -0.39 is 5.76 Å². The summed E-state index contributed by atoms with van der Waals surface area (Å²) in [6, 6.07) is 17.2.